The third-order valence-electron chi connectivity index (χ3n) is 5.57. The average molecular weight is 443 g/mol. The van der Waals surface area contributed by atoms with E-state index in [2.05, 4.69) is 13.8 Å². The molecular formula is C23H47NaO4S. The van der Waals surface area contributed by atoms with Gasteiger partial charge < -0.3 is 0 Å². The van der Waals surface area contributed by atoms with E-state index in [0.29, 0.717) is 6.42 Å². The summed E-state index contributed by atoms with van der Waals surface area (Å²) in [5, 5.41) is -1.21. The second kappa shape index (κ2) is 21.8. The second-order valence-electron chi connectivity index (χ2n) is 8.31. The Hall–Kier alpha value is 0.580. The predicted octanol–water partition coefficient (Wildman–Crippen LogP) is 6.62. The molecule has 0 saturated heterocycles. The van der Waals surface area contributed by atoms with Crippen LogP contribution in [0.25, 0.3) is 0 Å². The molecule has 1 atom stereocenters. The molecule has 0 aliphatic rings. The molecular weight excluding hydrogens is 395 g/mol. The SMILES string of the molecule is CCCCCCCCCCCC(=O)C(CCCCCCCCCC)S(=O)(=O)O.[NaH]. The first-order chi connectivity index (χ1) is 13.4. The fourth-order valence-corrected chi connectivity index (χ4v) is 4.63. The van der Waals surface area contributed by atoms with Crippen molar-refractivity contribution in [1.82, 2.24) is 0 Å². The first kappa shape index (κ1) is 31.8. The van der Waals surface area contributed by atoms with Crippen molar-refractivity contribution in [2.75, 3.05) is 0 Å². The number of carbonyl (C=O) groups is 1. The van der Waals surface area contributed by atoms with E-state index in [1.807, 2.05) is 0 Å². The fraction of sp³-hybridized carbons (Fsp3) is 0.957. The van der Waals surface area contributed by atoms with E-state index in [1.54, 1.807) is 0 Å². The summed E-state index contributed by atoms with van der Waals surface area (Å²) in [6, 6.07) is 0. The van der Waals surface area contributed by atoms with Crippen molar-refractivity contribution >= 4 is 45.5 Å². The Bertz CT molecular complexity index is 465. The van der Waals surface area contributed by atoms with Gasteiger partial charge in [0.1, 0.15) is 5.25 Å². The zero-order valence-corrected chi connectivity index (χ0v) is 19.4. The van der Waals surface area contributed by atoms with Crippen molar-refractivity contribution < 1.29 is 17.8 Å². The zero-order chi connectivity index (χ0) is 21.1. The van der Waals surface area contributed by atoms with Crippen LogP contribution in [0, 0.1) is 0 Å². The molecule has 0 bridgehead atoms. The van der Waals surface area contributed by atoms with Crippen molar-refractivity contribution in [2.24, 2.45) is 0 Å². The van der Waals surface area contributed by atoms with E-state index in [9.17, 15) is 17.8 Å². The molecule has 0 fully saturated rings. The molecule has 0 aromatic carbocycles. The van der Waals surface area contributed by atoms with Gasteiger partial charge in [-0.2, -0.15) is 8.42 Å². The maximum atomic E-state index is 12.3. The average Bonchev–Trinajstić information content (AvgIpc) is 2.64. The third kappa shape index (κ3) is 20.2. The van der Waals surface area contributed by atoms with Gasteiger partial charge in [-0.05, 0) is 12.8 Å². The third-order valence-corrected chi connectivity index (χ3v) is 6.78. The Balaban J connectivity index is 0. The molecule has 0 spiro atoms. The van der Waals surface area contributed by atoms with E-state index in [4.69, 9.17) is 0 Å². The van der Waals surface area contributed by atoms with Crippen LogP contribution in [-0.2, 0) is 14.9 Å². The van der Waals surface area contributed by atoms with Crippen molar-refractivity contribution in [3.8, 4) is 0 Å². The molecule has 4 nitrogen and oxygen atoms in total. The Kier molecular flexibility index (Phi) is 23.9. The van der Waals surface area contributed by atoms with Crippen LogP contribution < -0.4 is 0 Å². The fourth-order valence-electron chi connectivity index (χ4n) is 3.71. The van der Waals surface area contributed by atoms with Crippen molar-refractivity contribution in [3.05, 3.63) is 0 Å². The van der Waals surface area contributed by atoms with Crippen LogP contribution in [0.2, 0.25) is 0 Å². The van der Waals surface area contributed by atoms with Crippen molar-refractivity contribution in [2.45, 2.75) is 141 Å². The van der Waals surface area contributed by atoms with Gasteiger partial charge in [-0.3, -0.25) is 9.35 Å². The minimum atomic E-state index is -4.28. The number of carbonyl (C=O) groups excluding carboxylic acids is 1. The second-order valence-corrected chi connectivity index (χ2v) is 9.91. The van der Waals surface area contributed by atoms with Gasteiger partial charge >= 0.3 is 29.6 Å². The molecule has 1 N–H and O–H groups in total. The van der Waals surface area contributed by atoms with Gasteiger partial charge in [-0.15, -0.1) is 0 Å². The number of Topliss-reactive ketones (excluding diaryl/α,β-unsaturated/α-hetero) is 1. The summed E-state index contributed by atoms with van der Waals surface area (Å²) in [4.78, 5) is 12.3. The normalized spacial score (nSPS) is 12.5. The van der Waals surface area contributed by atoms with Crippen LogP contribution in [-0.4, -0.2) is 53.6 Å². The van der Waals surface area contributed by atoms with Crippen LogP contribution in [0.4, 0.5) is 0 Å². The van der Waals surface area contributed by atoms with Crippen LogP contribution in [0.3, 0.4) is 0 Å². The molecule has 0 heterocycles. The number of hydrogen-bond donors (Lipinski definition) is 1. The molecule has 0 amide bonds. The number of rotatable bonds is 21. The summed E-state index contributed by atoms with van der Waals surface area (Å²) in [6.45, 7) is 4.41. The van der Waals surface area contributed by atoms with E-state index < -0.39 is 15.4 Å². The Morgan fingerprint density at radius 1 is 0.655 bits per heavy atom. The summed E-state index contributed by atoms with van der Waals surface area (Å²) < 4.78 is 32.7. The molecule has 0 rings (SSSR count). The number of hydrogen-bond acceptors (Lipinski definition) is 3. The summed E-state index contributed by atoms with van der Waals surface area (Å²) >= 11 is 0. The van der Waals surface area contributed by atoms with E-state index in [-0.39, 0.29) is 48.2 Å². The van der Waals surface area contributed by atoms with Gasteiger partial charge in [0, 0.05) is 6.42 Å². The summed E-state index contributed by atoms with van der Waals surface area (Å²) in [7, 11) is -4.28. The predicted molar refractivity (Wildman–Crippen MR) is 127 cm³/mol. The maximum absolute atomic E-state index is 12.3. The van der Waals surface area contributed by atoms with Gasteiger partial charge in [-0.25, -0.2) is 0 Å². The van der Waals surface area contributed by atoms with E-state index in [0.717, 1.165) is 32.1 Å². The Labute approximate surface area is 203 Å². The van der Waals surface area contributed by atoms with Gasteiger partial charge in [-0.1, -0.05) is 117 Å². The summed E-state index contributed by atoms with van der Waals surface area (Å²) in [5.74, 6) is -0.298. The standard InChI is InChI=1S/C23H46O4S.Na.H/c1-3-5-7-9-11-13-14-16-18-20-22(24)23(28(25,26)27)21-19-17-15-12-10-8-6-4-2;;/h23H,3-21H2,1-2H3,(H,25,26,27);;. The summed E-state index contributed by atoms with van der Waals surface area (Å²) in [6.07, 6.45) is 19.8. The first-order valence-corrected chi connectivity index (χ1v) is 13.4. The van der Waals surface area contributed by atoms with Gasteiger partial charge in [0.15, 0.2) is 5.78 Å². The van der Waals surface area contributed by atoms with Crippen LogP contribution in [0.15, 0.2) is 0 Å². The minimum absolute atomic E-state index is 0. The number of unbranched alkanes of at least 4 members (excludes halogenated alkanes) is 15. The Morgan fingerprint density at radius 2 is 1.00 bits per heavy atom. The molecule has 1 unspecified atom stereocenters. The first-order valence-electron chi connectivity index (χ1n) is 11.9. The quantitative estimate of drug-likeness (QED) is 0.123. The topological polar surface area (TPSA) is 71.4 Å². The van der Waals surface area contributed by atoms with E-state index >= 15 is 0 Å². The van der Waals surface area contributed by atoms with Crippen LogP contribution in [0.1, 0.15) is 136 Å². The van der Waals surface area contributed by atoms with Crippen LogP contribution >= 0.6 is 0 Å². The molecule has 6 heteroatoms. The molecule has 0 saturated carbocycles. The molecule has 0 radical (unpaired) electrons. The molecule has 0 aromatic rings. The van der Waals surface area contributed by atoms with E-state index in [1.165, 1.54) is 70.6 Å². The zero-order valence-electron chi connectivity index (χ0n) is 18.6. The van der Waals surface area contributed by atoms with Crippen LogP contribution in [0.5, 0.6) is 0 Å². The van der Waals surface area contributed by atoms with Gasteiger partial charge in [0.2, 0.25) is 0 Å². The van der Waals surface area contributed by atoms with Crippen molar-refractivity contribution in [3.63, 3.8) is 0 Å². The van der Waals surface area contributed by atoms with Gasteiger partial charge in [0.25, 0.3) is 10.1 Å². The molecule has 170 valence electrons. The summed E-state index contributed by atoms with van der Waals surface area (Å²) in [5.41, 5.74) is 0. The Morgan fingerprint density at radius 3 is 1.38 bits per heavy atom. The molecule has 0 aliphatic carbocycles. The molecule has 29 heavy (non-hydrogen) atoms. The molecule has 0 aliphatic heterocycles. The number of ketones is 1. The van der Waals surface area contributed by atoms with Gasteiger partial charge in [0.05, 0.1) is 0 Å². The molecule has 0 aromatic heterocycles. The van der Waals surface area contributed by atoms with Crippen molar-refractivity contribution in [1.29, 1.82) is 0 Å². The monoisotopic (exact) mass is 442 g/mol.